The number of pyridine rings is 4. The first kappa shape index (κ1) is 29.8. The molecule has 52 heavy (non-hydrogen) atoms. The number of para-hydroxylation sites is 1. The maximum Gasteiger partial charge on any atom is 0.0788 e. The second-order valence-corrected chi connectivity index (χ2v) is 13.1. The fraction of sp³-hybridized carbons (Fsp3) is 0. The van der Waals surface area contributed by atoms with Crippen molar-refractivity contribution in [2.75, 3.05) is 0 Å². The maximum absolute atomic E-state index is 5.33. The second-order valence-electron chi connectivity index (χ2n) is 13.1. The molecule has 10 rings (SSSR count). The summed E-state index contributed by atoms with van der Waals surface area (Å²) in [6.07, 6.45) is 7.29. The fourth-order valence-corrected chi connectivity index (χ4v) is 7.47. The van der Waals surface area contributed by atoms with E-state index in [0.717, 1.165) is 66.8 Å². The van der Waals surface area contributed by atoms with Crippen LogP contribution in [0.1, 0.15) is 0 Å². The summed E-state index contributed by atoms with van der Waals surface area (Å²) >= 11 is 0. The van der Waals surface area contributed by atoms with Crippen LogP contribution in [-0.4, -0.2) is 19.9 Å². The van der Waals surface area contributed by atoms with E-state index in [1.165, 1.54) is 32.5 Å². The lowest BCUT2D eigenvalue weighted by atomic mass is 9.89. The number of hydrogen-bond acceptors (Lipinski definition) is 4. The van der Waals surface area contributed by atoms with Gasteiger partial charge in [-0.2, -0.15) is 0 Å². The Kier molecular flexibility index (Phi) is 7.10. The highest BCUT2D eigenvalue weighted by molar-refractivity contribution is 6.25. The van der Waals surface area contributed by atoms with E-state index in [-0.39, 0.29) is 0 Å². The van der Waals surface area contributed by atoms with Crippen molar-refractivity contribution < 1.29 is 0 Å². The Hall–Kier alpha value is -7.04. The van der Waals surface area contributed by atoms with Gasteiger partial charge in [0.2, 0.25) is 0 Å². The van der Waals surface area contributed by atoms with E-state index in [9.17, 15) is 0 Å². The number of nitrogens with zero attached hydrogens (tertiary/aromatic N) is 4. The average Bonchev–Trinajstić information content (AvgIpc) is 3.23. The highest BCUT2D eigenvalue weighted by atomic mass is 14.7. The van der Waals surface area contributed by atoms with Crippen LogP contribution in [0, 0.1) is 0 Å². The molecule has 0 N–H and O–H groups in total. The van der Waals surface area contributed by atoms with Gasteiger partial charge in [0.15, 0.2) is 0 Å². The molecule has 4 heterocycles. The number of aromatic nitrogens is 4. The molecule has 0 aliphatic rings. The number of hydrogen-bond donors (Lipinski definition) is 0. The lowest BCUT2D eigenvalue weighted by Crippen LogP contribution is -1.93. The van der Waals surface area contributed by atoms with Crippen molar-refractivity contribution in [3.63, 3.8) is 0 Å². The quantitative estimate of drug-likeness (QED) is 0.172. The first-order chi connectivity index (χ1) is 25.8. The molecule has 0 aliphatic carbocycles. The zero-order chi connectivity index (χ0) is 34.4. The minimum absolute atomic E-state index is 0.870. The van der Waals surface area contributed by atoms with Gasteiger partial charge in [0.25, 0.3) is 0 Å². The molecule has 0 saturated carbocycles. The van der Waals surface area contributed by atoms with Crippen LogP contribution in [0.5, 0.6) is 0 Å². The SMILES string of the molecule is c1cncc(-c2cc(-c3ccc(-c4cc5c(-c6ccc7ccccc7c6)nc6ccccc6c5c5ccccc45)cc3)cc(-c3cccnc3)n2)c1. The van der Waals surface area contributed by atoms with E-state index >= 15 is 0 Å². The van der Waals surface area contributed by atoms with E-state index in [1.807, 2.05) is 36.7 Å². The molecule has 4 nitrogen and oxygen atoms in total. The van der Waals surface area contributed by atoms with Crippen molar-refractivity contribution in [3.05, 3.63) is 183 Å². The molecule has 10 aromatic rings. The monoisotopic (exact) mass is 662 g/mol. The molecular weight excluding hydrogens is 633 g/mol. The van der Waals surface area contributed by atoms with Gasteiger partial charge in [-0.05, 0) is 98.4 Å². The van der Waals surface area contributed by atoms with Crippen LogP contribution in [0.15, 0.2) is 183 Å². The molecule has 0 amide bonds. The molecule has 0 saturated heterocycles. The topological polar surface area (TPSA) is 51.6 Å². The minimum atomic E-state index is 0.870. The lowest BCUT2D eigenvalue weighted by Gasteiger charge is -2.17. The van der Waals surface area contributed by atoms with Gasteiger partial charge in [-0.25, -0.2) is 9.97 Å². The predicted octanol–water partition coefficient (Wildman–Crippen LogP) is 12.2. The van der Waals surface area contributed by atoms with Gasteiger partial charge in [0.05, 0.1) is 22.6 Å². The largest absolute Gasteiger partial charge is 0.264 e. The van der Waals surface area contributed by atoms with Crippen LogP contribution in [0.3, 0.4) is 0 Å². The van der Waals surface area contributed by atoms with Crippen LogP contribution in [0.25, 0.3) is 99.2 Å². The molecule has 242 valence electrons. The van der Waals surface area contributed by atoms with Crippen molar-refractivity contribution in [2.24, 2.45) is 0 Å². The third kappa shape index (κ3) is 5.17. The number of fused-ring (bicyclic) bond motifs is 6. The average molecular weight is 663 g/mol. The second kappa shape index (κ2) is 12.4. The summed E-state index contributed by atoms with van der Waals surface area (Å²) in [6, 6.07) is 56.0. The third-order valence-corrected chi connectivity index (χ3v) is 10.00. The molecule has 0 spiro atoms. The predicted molar refractivity (Wildman–Crippen MR) is 215 cm³/mol. The summed E-state index contributed by atoms with van der Waals surface area (Å²) in [5.74, 6) is 0. The summed E-state index contributed by atoms with van der Waals surface area (Å²) in [4.78, 5) is 19.1. The standard InChI is InChI=1S/C48H30N4/c1-2-10-34-25-35(22-19-31(34)9-1)48-43-28-42(39-13-3-4-14-40(39)47(43)41-15-5-6-16-44(41)52-48)33-20-17-32(18-21-33)38-26-45(36-11-7-23-49-29-36)51-46(27-38)37-12-8-24-50-30-37/h1-30H. The van der Waals surface area contributed by atoms with Crippen LogP contribution in [0.2, 0.25) is 0 Å². The van der Waals surface area contributed by atoms with E-state index in [1.54, 1.807) is 12.4 Å². The van der Waals surface area contributed by atoms with Gasteiger partial charge in [-0.1, -0.05) is 103 Å². The van der Waals surface area contributed by atoms with Crippen molar-refractivity contribution in [1.29, 1.82) is 0 Å². The summed E-state index contributed by atoms with van der Waals surface area (Å²) in [7, 11) is 0. The Balaban J connectivity index is 1.16. The summed E-state index contributed by atoms with van der Waals surface area (Å²) in [5.41, 5.74) is 11.3. The van der Waals surface area contributed by atoms with Gasteiger partial charge in [-0.15, -0.1) is 0 Å². The molecule has 0 atom stereocenters. The zero-order valence-electron chi connectivity index (χ0n) is 28.1. The summed E-state index contributed by atoms with van der Waals surface area (Å²) < 4.78 is 0. The van der Waals surface area contributed by atoms with Crippen molar-refractivity contribution in [2.45, 2.75) is 0 Å². The number of rotatable bonds is 5. The van der Waals surface area contributed by atoms with Crippen LogP contribution in [0.4, 0.5) is 0 Å². The molecular formula is C48H30N4. The first-order valence-corrected chi connectivity index (χ1v) is 17.4. The Bertz CT molecular complexity index is 2880. The zero-order valence-corrected chi connectivity index (χ0v) is 28.1. The van der Waals surface area contributed by atoms with Crippen LogP contribution >= 0.6 is 0 Å². The van der Waals surface area contributed by atoms with E-state index in [4.69, 9.17) is 9.97 Å². The summed E-state index contributed by atoms with van der Waals surface area (Å²) in [6.45, 7) is 0. The molecule has 4 heteroatoms. The Morgan fingerprint density at radius 1 is 0.346 bits per heavy atom. The van der Waals surface area contributed by atoms with Crippen molar-refractivity contribution >= 4 is 43.2 Å². The van der Waals surface area contributed by atoms with Crippen molar-refractivity contribution in [3.8, 4) is 56.0 Å². The molecule has 0 fully saturated rings. The van der Waals surface area contributed by atoms with Crippen LogP contribution in [-0.2, 0) is 0 Å². The highest BCUT2D eigenvalue weighted by Gasteiger charge is 2.17. The Labute approximate surface area is 300 Å². The minimum Gasteiger partial charge on any atom is -0.264 e. The molecule has 4 aromatic heterocycles. The van der Waals surface area contributed by atoms with E-state index in [2.05, 4.69) is 143 Å². The summed E-state index contributed by atoms with van der Waals surface area (Å²) in [5, 5.41) is 8.38. The molecule has 6 aromatic carbocycles. The molecule has 0 radical (unpaired) electrons. The van der Waals surface area contributed by atoms with E-state index < -0.39 is 0 Å². The van der Waals surface area contributed by atoms with Gasteiger partial charge >= 0.3 is 0 Å². The Morgan fingerprint density at radius 3 is 1.67 bits per heavy atom. The fourth-order valence-electron chi connectivity index (χ4n) is 7.47. The smallest absolute Gasteiger partial charge is 0.0788 e. The molecule has 0 bridgehead atoms. The van der Waals surface area contributed by atoms with Crippen LogP contribution < -0.4 is 0 Å². The van der Waals surface area contributed by atoms with E-state index in [0.29, 0.717) is 0 Å². The van der Waals surface area contributed by atoms with Gasteiger partial charge in [0, 0.05) is 57.6 Å². The molecule has 0 aliphatic heterocycles. The van der Waals surface area contributed by atoms with Gasteiger partial charge in [0.1, 0.15) is 0 Å². The molecule has 0 unspecified atom stereocenters. The third-order valence-electron chi connectivity index (χ3n) is 10.00. The van der Waals surface area contributed by atoms with Crippen molar-refractivity contribution in [1.82, 2.24) is 19.9 Å². The lowest BCUT2D eigenvalue weighted by molar-refractivity contribution is 1.26. The maximum atomic E-state index is 5.33. The Morgan fingerprint density at radius 2 is 0.962 bits per heavy atom. The first-order valence-electron chi connectivity index (χ1n) is 17.4. The number of benzene rings is 6. The highest BCUT2D eigenvalue weighted by Crippen LogP contribution is 2.42. The van der Waals surface area contributed by atoms with Gasteiger partial charge in [-0.3, -0.25) is 9.97 Å². The van der Waals surface area contributed by atoms with Gasteiger partial charge < -0.3 is 0 Å². The normalized spacial score (nSPS) is 11.5.